The summed E-state index contributed by atoms with van der Waals surface area (Å²) in [4.78, 5) is 2.55. The molecule has 1 heterocycles. The molecule has 1 unspecified atom stereocenters. The minimum atomic E-state index is 0.255. The zero-order valence-corrected chi connectivity index (χ0v) is 13.6. The maximum Gasteiger partial charge on any atom is 0.123 e. The fourth-order valence-electron chi connectivity index (χ4n) is 2.99. The van der Waals surface area contributed by atoms with Crippen LogP contribution in [0.3, 0.4) is 0 Å². The Balaban J connectivity index is 2.11. The van der Waals surface area contributed by atoms with Crippen molar-refractivity contribution in [2.45, 2.75) is 58.5 Å². The summed E-state index contributed by atoms with van der Waals surface area (Å²) in [5, 5.41) is 0. The number of rotatable bonds is 7. The lowest BCUT2D eigenvalue weighted by Gasteiger charge is -2.27. The third-order valence-corrected chi connectivity index (χ3v) is 4.29. The number of hydrogen-bond acceptors (Lipinski definition) is 3. The van der Waals surface area contributed by atoms with Crippen LogP contribution in [0.5, 0.6) is 5.75 Å². The first-order valence-corrected chi connectivity index (χ1v) is 8.45. The van der Waals surface area contributed by atoms with E-state index >= 15 is 0 Å². The molecule has 1 aliphatic rings. The molecule has 1 aliphatic heterocycles. The number of nitrogens with zero attached hydrogens (tertiary/aromatic N) is 1. The van der Waals surface area contributed by atoms with Gasteiger partial charge < -0.3 is 10.5 Å². The molecule has 0 radical (unpaired) electrons. The maximum absolute atomic E-state index is 6.09. The zero-order valence-electron chi connectivity index (χ0n) is 13.6. The van der Waals surface area contributed by atoms with E-state index in [0.717, 1.165) is 31.7 Å². The monoisotopic (exact) mass is 290 g/mol. The molecule has 3 nitrogen and oxygen atoms in total. The van der Waals surface area contributed by atoms with Crippen LogP contribution in [0.15, 0.2) is 18.2 Å². The third-order valence-electron chi connectivity index (χ3n) is 4.29. The molecule has 1 aromatic carbocycles. The number of ether oxygens (including phenoxy) is 1. The first-order chi connectivity index (χ1) is 10.2. The van der Waals surface area contributed by atoms with Crippen molar-refractivity contribution in [2.24, 2.45) is 5.73 Å². The Labute approximate surface area is 129 Å². The Morgan fingerprint density at radius 3 is 2.62 bits per heavy atom. The van der Waals surface area contributed by atoms with Crippen molar-refractivity contribution in [3.8, 4) is 5.75 Å². The molecule has 0 aliphatic carbocycles. The van der Waals surface area contributed by atoms with Crippen LogP contribution in [-0.2, 0) is 13.0 Å². The van der Waals surface area contributed by atoms with Gasteiger partial charge in [0, 0.05) is 18.2 Å². The summed E-state index contributed by atoms with van der Waals surface area (Å²) in [5.41, 5.74) is 8.75. The van der Waals surface area contributed by atoms with Gasteiger partial charge in [-0.05, 0) is 57.3 Å². The molecule has 0 amide bonds. The highest BCUT2D eigenvalue weighted by molar-refractivity contribution is 5.37. The fraction of sp³-hybridized carbons (Fsp3) is 0.667. The summed E-state index contributed by atoms with van der Waals surface area (Å²) in [5.74, 6) is 1.04. The molecule has 0 aromatic heterocycles. The number of nitrogens with two attached hydrogens (primary N) is 1. The second-order valence-corrected chi connectivity index (χ2v) is 6.08. The molecule has 1 aromatic rings. The Hall–Kier alpha value is -1.06. The van der Waals surface area contributed by atoms with E-state index in [1.807, 2.05) is 6.92 Å². The van der Waals surface area contributed by atoms with E-state index in [4.69, 9.17) is 10.5 Å². The van der Waals surface area contributed by atoms with Crippen molar-refractivity contribution in [3.05, 3.63) is 29.3 Å². The van der Waals surface area contributed by atoms with Crippen molar-refractivity contribution in [1.82, 2.24) is 4.90 Å². The van der Waals surface area contributed by atoms with Crippen LogP contribution in [0.4, 0.5) is 0 Å². The summed E-state index contributed by atoms with van der Waals surface area (Å²) in [6, 6.07) is 6.85. The summed E-state index contributed by atoms with van der Waals surface area (Å²) in [6.07, 6.45) is 6.00. The van der Waals surface area contributed by atoms with Gasteiger partial charge in [-0.2, -0.15) is 0 Å². The maximum atomic E-state index is 6.09. The van der Waals surface area contributed by atoms with E-state index < -0.39 is 0 Å². The number of likely N-dealkylation sites (tertiary alicyclic amines) is 1. The zero-order chi connectivity index (χ0) is 15.1. The van der Waals surface area contributed by atoms with Gasteiger partial charge in [0.2, 0.25) is 0 Å². The van der Waals surface area contributed by atoms with E-state index in [1.165, 1.54) is 43.5 Å². The van der Waals surface area contributed by atoms with Gasteiger partial charge in [0.15, 0.2) is 0 Å². The van der Waals surface area contributed by atoms with Crippen molar-refractivity contribution >= 4 is 0 Å². The second-order valence-electron chi connectivity index (χ2n) is 6.08. The van der Waals surface area contributed by atoms with Crippen LogP contribution in [0.2, 0.25) is 0 Å². The molecule has 1 fully saturated rings. The first kappa shape index (κ1) is 16.3. The van der Waals surface area contributed by atoms with Crippen LogP contribution in [0.1, 0.15) is 50.7 Å². The van der Waals surface area contributed by atoms with Crippen LogP contribution in [0.25, 0.3) is 0 Å². The SMILES string of the molecule is CCOc1ccc(CC(N)CC)cc1CN1CCCCC1. The highest BCUT2D eigenvalue weighted by Crippen LogP contribution is 2.24. The minimum absolute atomic E-state index is 0.255. The van der Waals surface area contributed by atoms with Gasteiger partial charge in [-0.1, -0.05) is 25.5 Å². The third kappa shape index (κ3) is 5.01. The quantitative estimate of drug-likeness (QED) is 0.837. The smallest absolute Gasteiger partial charge is 0.123 e. The molecule has 2 N–H and O–H groups in total. The number of benzene rings is 1. The average molecular weight is 290 g/mol. The highest BCUT2D eigenvalue weighted by Gasteiger charge is 2.14. The van der Waals surface area contributed by atoms with E-state index in [2.05, 4.69) is 30.0 Å². The lowest BCUT2D eigenvalue weighted by molar-refractivity contribution is 0.216. The molecule has 1 saturated heterocycles. The molecule has 0 bridgehead atoms. The number of hydrogen-bond donors (Lipinski definition) is 1. The van der Waals surface area contributed by atoms with Gasteiger partial charge in [0.25, 0.3) is 0 Å². The summed E-state index contributed by atoms with van der Waals surface area (Å²) >= 11 is 0. The highest BCUT2D eigenvalue weighted by atomic mass is 16.5. The van der Waals surface area contributed by atoms with Crippen LogP contribution in [-0.4, -0.2) is 30.6 Å². The van der Waals surface area contributed by atoms with E-state index in [1.54, 1.807) is 0 Å². The minimum Gasteiger partial charge on any atom is -0.494 e. The molecule has 3 heteroatoms. The molecular formula is C18H30N2O. The average Bonchev–Trinajstić information content (AvgIpc) is 2.51. The van der Waals surface area contributed by atoms with Crippen LogP contribution >= 0.6 is 0 Å². The van der Waals surface area contributed by atoms with Gasteiger partial charge >= 0.3 is 0 Å². The lowest BCUT2D eigenvalue weighted by atomic mass is 10.0. The van der Waals surface area contributed by atoms with Crippen molar-refractivity contribution in [2.75, 3.05) is 19.7 Å². The Morgan fingerprint density at radius 2 is 1.95 bits per heavy atom. The topological polar surface area (TPSA) is 38.5 Å². The standard InChI is InChI=1S/C18H30N2O/c1-3-17(19)13-15-8-9-18(21-4-2)16(12-15)14-20-10-6-5-7-11-20/h8-9,12,17H,3-7,10-11,13-14,19H2,1-2H3. The Bertz CT molecular complexity index is 427. The van der Waals surface area contributed by atoms with Gasteiger partial charge in [0.1, 0.15) is 5.75 Å². The molecule has 2 rings (SSSR count). The van der Waals surface area contributed by atoms with Gasteiger partial charge in [0.05, 0.1) is 6.61 Å². The molecule has 0 spiro atoms. The van der Waals surface area contributed by atoms with Crippen molar-refractivity contribution < 1.29 is 4.74 Å². The Morgan fingerprint density at radius 1 is 1.19 bits per heavy atom. The van der Waals surface area contributed by atoms with Gasteiger partial charge in [-0.25, -0.2) is 0 Å². The number of piperidine rings is 1. The molecular weight excluding hydrogens is 260 g/mol. The summed E-state index contributed by atoms with van der Waals surface area (Å²) in [6.45, 7) is 8.35. The molecule has 118 valence electrons. The summed E-state index contributed by atoms with van der Waals surface area (Å²) < 4.78 is 5.81. The Kier molecular flexibility index (Phi) is 6.52. The second kappa shape index (κ2) is 8.40. The van der Waals surface area contributed by atoms with E-state index in [-0.39, 0.29) is 6.04 Å². The molecule has 0 saturated carbocycles. The summed E-state index contributed by atoms with van der Waals surface area (Å²) in [7, 11) is 0. The molecule has 1 atom stereocenters. The largest absolute Gasteiger partial charge is 0.494 e. The first-order valence-electron chi connectivity index (χ1n) is 8.45. The van der Waals surface area contributed by atoms with Gasteiger partial charge in [-0.3, -0.25) is 4.90 Å². The predicted octanol–water partition coefficient (Wildman–Crippen LogP) is 3.35. The normalized spacial score (nSPS) is 17.7. The molecule has 21 heavy (non-hydrogen) atoms. The fourth-order valence-corrected chi connectivity index (χ4v) is 2.99. The van der Waals surface area contributed by atoms with Gasteiger partial charge in [-0.15, -0.1) is 0 Å². The predicted molar refractivity (Wildman–Crippen MR) is 88.7 cm³/mol. The van der Waals surface area contributed by atoms with Crippen molar-refractivity contribution in [3.63, 3.8) is 0 Å². The van der Waals surface area contributed by atoms with E-state index in [9.17, 15) is 0 Å². The van der Waals surface area contributed by atoms with E-state index in [0.29, 0.717) is 0 Å². The van der Waals surface area contributed by atoms with Crippen LogP contribution < -0.4 is 10.5 Å². The lowest BCUT2D eigenvalue weighted by Crippen LogP contribution is -2.29. The van der Waals surface area contributed by atoms with Crippen LogP contribution in [0, 0.1) is 0 Å². The van der Waals surface area contributed by atoms with Crippen molar-refractivity contribution in [1.29, 1.82) is 0 Å².